The fourth-order valence-electron chi connectivity index (χ4n) is 4.84. The molecule has 2 nitrogen and oxygen atoms in total. The Labute approximate surface area is 170 Å². The normalized spacial score (nSPS) is 25.4. The summed E-state index contributed by atoms with van der Waals surface area (Å²) < 4.78 is 66.3. The van der Waals surface area contributed by atoms with Crippen molar-refractivity contribution in [3.8, 4) is 5.75 Å². The van der Waals surface area contributed by atoms with Crippen LogP contribution in [0, 0.1) is 29.4 Å². The molecule has 1 fully saturated rings. The maximum Gasteiger partial charge on any atom is 0.429 e. The van der Waals surface area contributed by atoms with Gasteiger partial charge in [-0.3, -0.25) is 0 Å². The first-order valence-electron chi connectivity index (χ1n) is 10.6. The smallest absolute Gasteiger partial charge is 0.429 e. The van der Waals surface area contributed by atoms with Crippen molar-refractivity contribution in [3.05, 3.63) is 41.2 Å². The highest BCUT2D eigenvalue weighted by molar-refractivity contribution is 5.32. The zero-order valence-electron chi connectivity index (χ0n) is 17.2. The van der Waals surface area contributed by atoms with Crippen LogP contribution in [0.15, 0.2) is 24.0 Å². The van der Waals surface area contributed by atoms with Crippen LogP contribution in [0.1, 0.15) is 70.3 Å². The minimum atomic E-state index is -3.94. The minimum Gasteiger partial charge on any atom is -0.494 e. The van der Waals surface area contributed by atoms with Gasteiger partial charge in [-0.05, 0) is 61.6 Å². The van der Waals surface area contributed by atoms with Gasteiger partial charge in [0.15, 0.2) is 11.6 Å². The van der Waals surface area contributed by atoms with E-state index >= 15 is 0 Å². The fourth-order valence-corrected chi connectivity index (χ4v) is 4.84. The number of benzene rings is 1. The van der Waals surface area contributed by atoms with E-state index in [0.29, 0.717) is 24.7 Å². The van der Waals surface area contributed by atoms with E-state index in [9.17, 15) is 17.6 Å². The van der Waals surface area contributed by atoms with E-state index in [2.05, 4.69) is 11.7 Å². The van der Waals surface area contributed by atoms with Crippen molar-refractivity contribution in [2.75, 3.05) is 7.11 Å². The van der Waals surface area contributed by atoms with Crippen molar-refractivity contribution in [1.82, 2.24) is 0 Å². The van der Waals surface area contributed by atoms with Crippen LogP contribution in [0.4, 0.5) is 17.6 Å². The summed E-state index contributed by atoms with van der Waals surface area (Å²) in [6.07, 6.45) is 7.16. The molecule has 2 aliphatic carbocycles. The van der Waals surface area contributed by atoms with Gasteiger partial charge >= 0.3 is 6.11 Å². The first-order valence-corrected chi connectivity index (χ1v) is 10.6. The zero-order valence-corrected chi connectivity index (χ0v) is 17.2. The van der Waals surface area contributed by atoms with Gasteiger partial charge in [0.05, 0.1) is 12.9 Å². The van der Waals surface area contributed by atoms with Gasteiger partial charge in [0, 0.05) is 6.42 Å². The molecule has 1 atom stereocenters. The van der Waals surface area contributed by atoms with Crippen molar-refractivity contribution in [3.63, 3.8) is 0 Å². The van der Waals surface area contributed by atoms with Gasteiger partial charge in [0.2, 0.25) is 5.82 Å². The monoisotopic (exact) mass is 414 g/mol. The van der Waals surface area contributed by atoms with E-state index in [1.165, 1.54) is 38.5 Å². The van der Waals surface area contributed by atoms with Gasteiger partial charge in [-0.15, -0.1) is 0 Å². The summed E-state index contributed by atoms with van der Waals surface area (Å²) in [6.45, 7) is 2.22. The minimum absolute atomic E-state index is 0.154. The van der Waals surface area contributed by atoms with Crippen LogP contribution in [-0.4, -0.2) is 7.11 Å². The number of methoxy groups -OCH3 is 1. The van der Waals surface area contributed by atoms with Crippen LogP contribution in [0.3, 0.4) is 0 Å². The lowest BCUT2D eigenvalue weighted by atomic mass is 9.71. The standard InChI is InChI=1S/C23H30F4O2/c1-3-4-15-5-7-16(8-6-15)17-9-11-18(12-10-17)29-23(26,27)19-13-14-20(28-2)22(25)21(19)24/h11,13-17H,3-10,12H2,1-2H3. The van der Waals surface area contributed by atoms with E-state index in [0.717, 1.165) is 31.6 Å². The molecule has 0 spiro atoms. The number of hydrogen-bond donors (Lipinski definition) is 0. The molecule has 1 saturated carbocycles. The lowest BCUT2D eigenvalue weighted by Crippen LogP contribution is -2.25. The van der Waals surface area contributed by atoms with Crippen molar-refractivity contribution in [2.24, 2.45) is 17.8 Å². The second-order valence-corrected chi connectivity index (χ2v) is 8.34. The van der Waals surface area contributed by atoms with Crippen molar-refractivity contribution >= 4 is 0 Å². The Balaban J connectivity index is 1.60. The van der Waals surface area contributed by atoms with Crippen LogP contribution in [0.25, 0.3) is 0 Å². The summed E-state index contributed by atoms with van der Waals surface area (Å²) in [5.74, 6) is -1.37. The molecule has 1 unspecified atom stereocenters. The van der Waals surface area contributed by atoms with E-state index in [1.54, 1.807) is 6.08 Å². The number of allylic oxidation sites excluding steroid dienone is 2. The quantitative estimate of drug-likeness (QED) is 0.435. The molecule has 0 bridgehead atoms. The van der Waals surface area contributed by atoms with Gasteiger partial charge in [-0.25, -0.2) is 4.39 Å². The Kier molecular flexibility index (Phi) is 7.12. The predicted octanol–water partition coefficient (Wildman–Crippen LogP) is 7.33. The summed E-state index contributed by atoms with van der Waals surface area (Å²) in [5, 5.41) is 0. The highest BCUT2D eigenvalue weighted by atomic mass is 19.3. The van der Waals surface area contributed by atoms with Crippen molar-refractivity contribution < 1.29 is 27.0 Å². The molecule has 162 valence electrons. The maximum atomic E-state index is 14.5. The van der Waals surface area contributed by atoms with Gasteiger partial charge in [-0.1, -0.05) is 32.6 Å². The number of ether oxygens (including phenoxy) is 2. The van der Waals surface area contributed by atoms with E-state index in [1.807, 2.05) is 0 Å². The van der Waals surface area contributed by atoms with Crippen LogP contribution in [0.5, 0.6) is 5.75 Å². The zero-order chi connectivity index (χ0) is 21.0. The lowest BCUT2D eigenvalue weighted by Gasteiger charge is -2.35. The molecule has 29 heavy (non-hydrogen) atoms. The second kappa shape index (κ2) is 9.40. The summed E-state index contributed by atoms with van der Waals surface area (Å²) in [4.78, 5) is 0. The maximum absolute atomic E-state index is 14.5. The van der Waals surface area contributed by atoms with Crippen LogP contribution < -0.4 is 4.74 Å². The van der Waals surface area contributed by atoms with Gasteiger partial charge in [0.25, 0.3) is 0 Å². The Bertz CT molecular complexity index is 724. The average molecular weight is 414 g/mol. The molecule has 0 aromatic heterocycles. The Morgan fingerprint density at radius 1 is 1.00 bits per heavy atom. The molecular formula is C23H30F4O2. The molecule has 0 radical (unpaired) electrons. The highest BCUT2D eigenvalue weighted by Crippen LogP contribution is 2.43. The number of hydrogen-bond acceptors (Lipinski definition) is 2. The van der Waals surface area contributed by atoms with E-state index in [-0.39, 0.29) is 5.76 Å². The van der Waals surface area contributed by atoms with Crippen LogP contribution in [-0.2, 0) is 10.8 Å². The SMILES string of the molecule is CCCC1CCC(C2CC=C(OC(F)(F)c3ccc(OC)c(F)c3F)CC2)CC1. The fraction of sp³-hybridized carbons (Fsp3) is 0.652. The van der Waals surface area contributed by atoms with E-state index < -0.39 is 29.1 Å². The second-order valence-electron chi connectivity index (χ2n) is 8.34. The van der Waals surface area contributed by atoms with Crippen LogP contribution >= 0.6 is 0 Å². The van der Waals surface area contributed by atoms with Gasteiger partial charge in [0.1, 0.15) is 5.56 Å². The first kappa shape index (κ1) is 22.0. The molecule has 3 rings (SSSR count). The molecule has 0 N–H and O–H groups in total. The largest absolute Gasteiger partial charge is 0.494 e. The summed E-state index contributed by atoms with van der Waals surface area (Å²) in [6, 6.07) is 1.78. The Morgan fingerprint density at radius 3 is 2.31 bits per heavy atom. The first-order chi connectivity index (χ1) is 13.9. The van der Waals surface area contributed by atoms with Gasteiger partial charge in [-0.2, -0.15) is 13.2 Å². The number of rotatable bonds is 7. The Morgan fingerprint density at radius 2 is 1.72 bits per heavy atom. The lowest BCUT2D eigenvalue weighted by molar-refractivity contribution is -0.228. The number of halogens is 4. The van der Waals surface area contributed by atoms with E-state index in [4.69, 9.17) is 4.74 Å². The molecule has 1 aromatic rings. The summed E-state index contributed by atoms with van der Waals surface area (Å²) in [7, 11) is 1.14. The molecular weight excluding hydrogens is 384 g/mol. The van der Waals surface area contributed by atoms with Crippen molar-refractivity contribution in [2.45, 2.75) is 70.8 Å². The topological polar surface area (TPSA) is 18.5 Å². The molecule has 1 aromatic carbocycles. The summed E-state index contributed by atoms with van der Waals surface area (Å²) in [5.41, 5.74) is -1.12. The average Bonchev–Trinajstić information content (AvgIpc) is 2.71. The third-order valence-corrected chi connectivity index (χ3v) is 6.50. The summed E-state index contributed by atoms with van der Waals surface area (Å²) >= 11 is 0. The molecule has 0 aliphatic heterocycles. The molecule has 6 heteroatoms. The predicted molar refractivity (Wildman–Crippen MR) is 104 cm³/mol. The third-order valence-electron chi connectivity index (χ3n) is 6.50. The highest BCUT2D eigenvalue weighted by Gasteiger charge is 2.40. The Hall–Kier alpha value is -1.72. The molecule has 0 heterocycles. The molecule has 2 aliphatic rings. The molecule has 0 amide bonds. The van der Waals surface area contributed by atoms with Gasteiger partial charge < -0.3 is 9.47 Å². The van der Waals surface area contributed by atoms with Crippen molar-refractivity contribution in [1.29, 1.82) is 0 Å². The molecule has 0 saturated heterocycles. The van der Waals surface area contributed by atoms with Crippen LogP contribution in [0.2, 0.25) is 0 Å². The number of alkyl halides is 2. The third kappa shape index (κ3) is 5.07.